The van der Waals surface area contributed by atoms with Gasteiger partial charge in [0, 0.05) is 54.6 Å². The topological polar surface area (TPSA) is 77.3 Å². The van der Waals surface area contributed by atoms with Crippen LogP contribution in [0.3, 0.4) is 0 Å². The van der Waals surface area contributed by atoms with Gasteiger partial charge in [0.25, 0.3) is 0 Å². The zero-order valence-corrected chi connectivity index (χ0v) is 10.9. The summed E-state index contributed by atoms with van der Waals surface area (Å²) in [6.07, 6.45) is 6.61. The maximum Gasteiger partial charge on any atom is 0.248 e. The van der Waals surface area contributed by atoms with E-state index in [4.69, 9.17) is 11.5 Å². The van der Waals surface area contributed by atoms with Gasteiger partial charge in [-0.1, -0.05) is 0 Å². The van der Waals surface area contributed by atoms with Gasteiger partial charge in [-0.3, -0.25) is 9.98 Å². The molecular formula is C14H16F2N4. The summed E-state index contributed by atoms with van der Waals surface area (Å²) < 4.78 is 26.1. The number of hydrogen-bond donors (Lipinski definition) is 2. The Morgan fingerprint density at radius 1 is 1.30 bits per heavy atom. The molecule has 1 aromatic rings. The average Bonchev–Trinajstić information content (AvgIpc) is 2.36. The number of anilines is 1. The molecule has 0 bridgehead atoms. The molecule has 0 spiro atoms. The van der Waals surface area contributed by atoms with Crippen molar-refractivity contribution in [3.8, 4) is 0 Å². The van der Waals surface area contributed by atoms with Crippen LogP contribution in [0.15, 0.2) is 35.7 Å². The summed E-state index contributed by atoms with van der Waals surface area (Å²) >= 11 is 0. The number of hydrogen-bond acceptors (Lipinski definition) is 4. The van der Waals surface area contributed by atoms with Crippen LogP contribution in [0.2, 0.25) is 0 Å². The normalized spacial score (nSPS) is 28.9. The van der Waals surface area contributed by atoms with E-state index in [1.165, 1.54) is 0 Å². The molecule has 6 heteroatoms. The molecule has 1 unspecified atom stereocenters. The number of nitrogens with zero attached hydrogens (tertiary/aromatic N) is 2. The van der Waals surface area contributed by atoms with Crippen LogP contribution < -0.4 is 11.5 Å². The molecule has 0 saturated heterocycles. The van der Waals surface area contributed by atoms with Gasteiger partial charge in [0.15, 0.2) is 0 Å². The smallest absolute Gasteiger partial charge is 0.248 e. The summed E-state index contributed by atoms with van der Waals surface area (Å²) in [5.41, 5.74) is 13.4. The molecule has 4 N–H and O–H groups in total. The largest absolute Gasteiger partial charge is 0.398 e. The second kappa shape index (κ2) is 4.34. The molecular weight excluding hydrogens is 262 g/mol. The Hall–Kier alpha value is -1.82. The molecule has 1 fully saturated rings. The maximum absolute atomic E-state index is 13.1. The highest BCUT2D eigenvalue weighted by Crippen LogP contribution is 2.49. The second-order valence-corrected chi connectivity index (χ2v) is 5.60. The van der Waals surface area contributed by atoms with Gasteiger partial charge in [0.2, 0.25) is 5.92 Å². The van der Waals surface area contributed by atoms with Crippen molar-refractivity contribution in [1.29, 1.82) is 0 Å². The fourth-order valence-electron chi connectivity index (χ4n) is 2.79. The lowest BCUT2D eigenvalue weighted by Crippen LogP contribution is -2.56. The first kappa shape index (κ1) is 13.2. The van der Waals surface area contributed by atoms with E-state index in [1.807, 2.05) is 0 Å². The van der Waals surface area contributed by atoms with Crippen LogP contribution in [-0.4, -0.2) is 22.2 Å². The molecule has 0 aromatic carbocycles. The van der Waals surface area contributed by atoms with Crippen molar-refractivity contribution in [3.05, 3.63) is 36.3 Å². The van der Waals surface area contributed by atoms with Crippen LogP contribution in [0.4, 0.5) is 14.5 Å². The Balaban J connectivity index is 1.82. The minimum atomic E-state index is -2.58. The lowest BCUT2D eigenvalue weighted by Gasteiger charge is -2.46. The van der Waals surface area contributed by atoms with Crippen molar-refractivity contribution in [2.45, 2.75) is 30.7 Å². The SMILES string of the molecule is Nc1ccncc1C1=NC=CC(N)(C2CC(F)(F)C2)C1. The summed E-state index contributed by atoms with van der Waals surface area (Å²) in [5, 5.41) is 0. The van der Waals surface area contributed by atoms with Gasteiger partial charge < -0.3 is 11.5 Å². The molecule has 1 aromatic heterocycles. The van der Waals surface area contributed by atoms with Crippen molar-refractivity contribution in [2.24, 2.45) is 16.6 Å². The lowest BCUT2D eigenvalue weighted by molar-refractivity contribution is -0.124. The van der Waals surface area contributed by atoms with E-state index in [-0.39, 0.29) is 18.8 Å². The Morgan fingerprint density at radius 2 is 2.05 bits per heavy atom. The predicted molar refractivity (Wildman–Crippen MR) is 73.5 cm³/mol. The molecule has 2 heterocycles. The van der Waals surface area contributed by atoms with Crippen LogP contribution >= 0.6 is 0 Å². The molecule has 4 nitrogen and oxygen atoms in total. The Bertz CT molecular complexity index is 589. The maximum atomic E-state index is 13.1. The molecule has 20 heavy (non-hydrogen) atoms. The van der Waals surface area contributed by atoms with E-state index < -0.39 is 11.5 Å². The molecule has 3 rings (SSSR count). The highest BCUT2D eigenvalue weighted by molar-refractivity contribution is 6.05. The number of nitrogen functional groups attached to an aromatic ring is 1. The van der Waals surface area contributed by atoms with Gasteiger partial charge in [-0.05, 0) is 18.1 Å². The van der Waals surface area contributed by atoms with Crippen molar-refractivity contribution in [2.75, 3.05) is 5.73 Å². The van der Waals surface area contributed by atoms with Crippen LogP contribution in [0, 0.1) is 5.92 Å². The van der Waals surface area contributed by atoms with E-state index in [1.54, 1.807) is 30.7 Å². The first-order valence-corrected chi connectivity index (χ1v) is 6.51. The van der Waals surface area contributed by atoms with Crippen molar-refractivity contribution in [1.82, 2.24) is 4.98 Å². The number of halogens is 2. The number of aliphatic imine (C=N–C) groups is 1. The van der Waals surface area contributed by atoms with Gasteiger partial charge in [0.05, 0.1) is 5.71 Å². The fourth-order valence-corrected chi connectivity index (χ4v) is 2.79. The van der Waals surface area contributed by atoms with Crippen LogP contribution in [0.1, 0.15) is 24.8 Å². The van der Waals surface area contributed by atoms with Gasteiger partial charge in [-0.15, -0.1) is 0 Å². The highest BCUT2D eigenvalue weighted by Gasteiger charge is 2.53. The van der Waals surface area contributed by atoms with E-state index in [0.29, 0.717) is 17.8 Å². The minimum absolute atomic E-state index is 0.163. The Labute approximate surface area is 115 Å². The van der Waals surface area contributed by atoms with Crippen molar-refractivity contribution >= 4 is 11.4 Å². The lowest BCUT2D eigenvalue weighted by atomic mass is 9.66. The highest BCUT2D eigenvalue weighted by atomic mass is 19.3. The van der Waals surface area contributed by atoms with E-state index in [0.717, 1.165) is 5.56 Å². The molecule has 1 aliphatic heterocycles. The Kier molecular flexibility index (Phi) is 2.86. The number of nitrogens with two attached hydrogens (primary N) is 2. The summed E-state index contributed by atoms with van der Waals surface area (Å²) in [4.78, 5) is 8.31. The monoisotopic (exact) mass is 278 g/mol. The van der Waals surface area contributed by atoms with Gasteiger partial charge >= 0.3 is 0 Å². The molecule has 1 saturated carbocycles. The standard InChI is InChI=1S/C14H16F2N4/c15-14(16)5-9(6-14)13(18)2-4-20-12(7-13)10-8-19-3-1-11(10)17/h1-4,8-9H,5-7,18H2,(H2,17,19). The third-order valence-corrected chi connectivity index (χ3v) is 4.10. The molecule has 2 aliphatic rings. The van der Waals surface area contributed by atoms with Crippen LogP contribution in [0.25, 0.3) is 0 Å². The fraction of sp³-hybridized carbons (Fsp3) is 0.429. The molecule has 0 amide bonds. The molecule has 1 atom stereocenters. The van der Waals surface area contributed by atoms with E-state index in [2.05, 4.69) is 9.98 Å². The summed E-state index contributed by atoms with van der Waals surface area (Å²) in [6.45, 7) is 0. The molecule has 0 radical (unpaired) electrons. The predicted octanol–water partition coefficient (Wildman–Crippen LogP) is 2.11. The van der Waals surface area contributed by atoms with Crippen LogP contribution in [-0.2, 0) is 0 Å². The average molecular weight is 278 g/mol. The van der Waals surface area contributed by atoms with Crippen LogP contribution in [0.5, 0.6) is 0 Å². The molecule has 106 valence electrons. The minimum Gasteiger partial charge on any atom is -0.398 e. The van der Waals surface area contributed by atoms with Gasteiger partial charge in [-0.25, -0.2) is 8.78 Å². The number of alkyl halides is 2. The van der Waals surface area contributed by atoms with Crippen molar-refractivity contribution < 1.29 is 8.78 Å². The first-order valence-electron chi connectivity index (χ1n) is 6.51. The van der Waals surface area contributed by atoms with Gasteiger partial charge in [-0.2, -0.15) is 0 Å². The van der Waals surface area contributed by atoms with Gasteiger partial charge in [0.1, 0.15) is 0 Å². The van der Waals surface area contributed by atoms with Crippen molar-refractivity contribution in [3.63, 3.8) is 0 Å². The zero-order chi connectivity index (χ0) is 14.4. The van der Waals surface area contributed by atoms with E-state index >= 15 is 0 Å². The zero-order valence-electron chi connectivity index (χ0n) is 10.9. The third kappa shape index (κ3) is 2.20. The number of rotatable bonds is 2. The first-order chi connectivity index (χ1) is 9.40. The second-order valence-electron chi connectivity index (χ2n) is 5.60. The third-order valence-electron chi connectivity index (χ3n) is 4.10. The molecule has 1 aliphatic carbocycles. The summed E-state index contributed by atoms with van der Waals surface area (Å²) in [5.74, 6) is -2.80. The number of aromatic nitrogens is 1. The summed E-state index contributed by atoms with van der Waals surface area (Å²) in [7, 11) is 0. The Morgan fingerprint density at radius 3 is 2.70 bits per heavy atom. The van der Waals surface area contributed by atoms with E-state index in [9.17, 15) is 8.78 Å². The summed E-state index contributed by atoms with van der Waals surface area (Å²) in [6, 6.07) is 1.69. The number of pyridine rings is 1. The quantitative estimate of drug-likeness (QED) is 0.869.